The van der Waals surface area contributed by atoms with Gasteiger partial charge in [0.25, 0.3) is 0 Å². The van der Waals surface area contributed by atoms with Crippen molar-refractivity contribution in [3.05, 3.63) is 11.7 Å². The van der Waals surface area contributed by atoms with Gasteiger partial charge in [-0.3, -0.25) is 0 Å². The molecular formula is C10H16F3N3O2. The fraction of sp³-hybridized carbons (Fsp3) is 0.800. The zero-order valence-electron chi connectivity index (χ0n) is 10.4. The average Bonchev–Trinajstić information content (AvgIpc) is 2.61. The minimum Gasteiger partial charge on any atom is -0.364 e. The second-order valence-electron chi connectivity index (χ2n) is 5.00. The number of nitrogens with zero attached hydrogens (tertiary/aromatic N) is 2. The van der Waals surface area contributed by atoms with Gasteiger partial charge in [0.1, 0.15) is 13.2 Å². The van der Waals surface area contributed by atoms with Gasteiger partial charge in [0.15, 0.2) is 5.82 Å². The summed E-state index contributed by atoms with van der Waals surface area (Å²) in [5.74, 6) is 0.238. The molecule has 1 heterocycles. The highest BCUT2D eigenvalue weighted by molar-refractivity contribution is 4.95. The number of halogens is 3. The molecule has 18 heavy (non-hydrogen) atoms. The van der Waals surface area contributed by atoms with Crippen LogP contribution in [0.25, 0.3) is 0 Å². The van der Waals surface area contributed by atoms with Crippen molar-refractivity contribution in [1.82, 2.24) is 10.1 Å². The molecule has 104 valence electrons. The second-order valence-corrected chi connectivity index (χ2v) is 5.00. The Bertz CT molecular complexity index is 384. The molecule has 0 radical (unpaired) electrons. The summed E-state index contributed by atoms with van der Waals surface area (Å²) in [7, 11) is 0. The van der Waals surface area contributed by atoms with E-state index in [-0.39, 0.29) is 23.7 Å². The van der Waals surface area contributed by atoms with Gasteiger partial charge in [0, 0.05) is 0 Å². The van der Waals surface area contributed by atoms with E-state index >= 15 is 0 Å². The van der Waals surface area contributed by atoms with Crippen molar-refractivity contribution < 1.29 is 22.4 Å². The summed E-state index contributed by atoms with van der Waals surface area (Å²) in [6.45, 7) is 3.97. The SMILES string of the molecule is CC(C)(C)C(N)c1nc(COCC(F)(F)F)no1. The van der Waals surface area contributed by atoms with E-state index < -0.39 is 18.8 Å². The molecule has 0 aliphatic heterocycles. The zero-order valence-corrected chi connectivity index (χ0v) is 10.4. The third kappa shape index (κ3) is 4.61. The quantitative estimate of drug-likeness (QED) is 0.905. The molecule has 1 unspecified atom stereocenters. The van der Waals surface area contributed by atoms with Crippen molar-refractivity contribution >= 4 is 0 Å². The molecule has 1 atom stereocenters. The molecule has 0 saturated carbocycles. The lowest BCUT2D eigenvalue weighted by Gasteiger charge is -2.23. The molecule has 0 saturated heterocycles. The first-order valence-corrected chi connectivity index (χ1v) is 5.32. The van der Waals surface area contributed by atoms with Crippen molar-refractivity contribution in [2.45, 2.75) is 39.6 Å². The minimum absolute atomic E-state index is 0.0500. The highest BCUT2D eigenvalue weighted by Crippen LogP contribution is 2.29. The number of ether oxygens (including phenoxy) is 1. The van der Waals surface area contributed by atoms with Gasteiger partial charge in [-0.1, -0.05) is 25.9 Å². The van der Waals surface area contributed by atoms with Crippen LogP contribution in [-0.4, -0.2) is 22.9 Å². The maximum atomic E-state index is 11.8. The Kier molecular flexibility index (Phi) is 4.33. The molecule has 0 aliphatic rings. The van der Waals surface area contributed by atoms with Gasteiger partial charge in [-0.15, -0.1) is 0 Å². The maximum absolute atomic E-state index is 11.8. The maximum Gasteiger partial charge on any atom is 0.411 e. The van der Waals surface area contributed by atoms with Crippen molar-refractivity contribution in [2.75, 3.05) is 6.61 Å². The van der Waals surface area contributed by atoms with Crippen molar-refractivity contribution in [3.63, 3.8) is 0 Å². The van der Waals surface area contributed by atoms with E-state index in [4.69, 9.17) is 10.3 Å². The van der Waals surface area contributed by atoms with Crippen molar-refractivity contribution in [2.24, 2.45) is 11.1 Å². The number of hydrogen-bond acceptors (Lipinski definition) is 5. The van der Waals surface area contributed by atoms with Crippen LogP contribution in [-0.2, 0) is 11.3 Å². The van der Waals surface area contributed by atoms with Gasteiger partial charge in [0.2, 0.25) is 5.89 Å². The summed E-state index contributed by atoms with van der Waals surface area (Å²) in [4.78, 5) is 3.90. The molecule has 0 spiro atoms. The highest BCUT2D eigenvalue weighted by Gasteiger charge is 2.29. The molecule has 0 bridgehead atoms. The fourth-order valence-corrected chi connectivity index (χ4v) is 1.08. The average molecular weight is 267 g/mol. The topological polar surface area (TPSA) is 74.2 Å². The molecule has 5 nitrogen and oxygen atoms in total. The molecule has 0 aromatic carbocycles. The zero-order chi connectivity index (χ0) is 14.0. The first-order chi connectivity index (χ1) is 8.09. The second kappa shape index (κ2) is 5.23. The molecule has 0 amide bonds. The molecular weight excluding hydrogens is 251 g/mol. The van der Waals surface area contributed by atoms with E-state index in [0.717, 1.165) is 0 Å². The van der Waals surface area contributed by atoms with Crippen LogP contribution in [0.4, 0.5) is 13.2 Å². The van der Waals surface area contributed by atoms with Crippen LogP contribution >= 0.6 is 0 Å². The number of nitrogens with two attached hydrogens (primary N) is 1. The summed E-state index contributed by atoms with van der Waals surface area (Å²) in [5, 5.41) is 3.51. The van der Waals surface area contributed by atoms with Crippen molar-refractivity contribution in [3.8, 4) is 0 Å². The lowest BCUT2D eigenvalue weighted by atomic mass is 9.87. The van der Waals surface area contributed by atoms with E-state index in [1.165, 1.54) is 0 Å². The molecule has 1 rings (SSSR count). The van der Waals surface area contributed by atoms with E-state index in [0.29, 0.717) is 0 Å². The van der Waals surface area contributed by atoms with Gasteiger partial charge < -0.3 is 15.0 Å². The lowest BCUT2D eigenvalue weighted by molar-refractivity contribution is -0.177. The Labute approximate surface area is 102 Å². The Morgan fingerprint density at radius 1 is 1.33 bits per heavy atom. The van der Waals surface area contributed by atoms with Gasteiger partial charge in [-0.25, -0.2) is 0 Å². The molecule has 0 aliphatic carbocycles. The fourth-order valence-electron chi connectivity index (χ4n) is 1.08. The minimum atomic E-state index is -4.37. The van der Waals surface area contributed by atoms with E-state index in [2.05, 4.69) is 14.9 Å². The standard InChI is InChI=1S/C10H16F3N3O2/c1-9(2,3)7(14)8-15-6(16-18-8)4-17-5-10(11,12)13/h7H,4-5,14H2,1-3H3. The molecule has 8 heteroatoms. The summed E-state index contributed by atoms with van der Waals surface area (Å²) in [5.41, 5.74) is 5.59. The Morgan fingerprint density at radius 2 is 1.94 bits per heavy atom. The van der Waals surface area contributed by atoms with E-state index in [1.807, 2.05) is 20.8 Å². The molecule has 1 aromatic heterocycles. The predicted molar refractivity (Wildman–Crippen MR) is 56.4 cm³/mol. The summed E-state index contributed by atoms with van der Waals surface area (Å²) < 4.78 is 44.8. The highest BCUT2D eigenvalue weighted by atomic mass is 19.4. The molecule has 1 aromatic rings. The molecule has 0 fully saturated rings. The number of hydrogen-bond donors (Lipinski definition) is 1. The lowest BCUT2D eigenvalue weighted by Crippen LogP contribution is -2.26. The van der Waals surface area contributed by atoms with Crippen LogP contribution in [0.15, 0.2) is 4.52 Å². The number of aromatic nitrogens is 2. The van der Waals surface area contributed by atoms with Crippen LogP contribution < -0.4 is 5.73 Å². The van der Waals surface area contributed by atoms with Crippen LogP contribution in [0.1, 0.15) is 38.5 Å². The van der Waals surface area contributed by atoms with Gasteiger partial charge in [-0.2, -0.15) is 18.2 Å². The van der Waals surface area contributed by atoms with E-state index in [1.54, 1.807) is 0 Å². The Hall–Kier alpha value is -1.15. The largest absolute Gasteiger partial charge is 0.411 e. The summed E-state index contributed by atoms with van der Waals surface area (Å²) >= 11 is 0. The van der Waals surface area contributed by atoms with Crippen LogP contribution in [0.3, 0.4) is 0 Å². The van der Waals surface area contributed by atoms with Gasteiger partial charge in [-0.05, 0) is 5.41 Å². The first kappa shape index (κ1) is 14.9. The van der Waals surface area contributed by atoms with Gasteiger partial charge >= 0.3 is 6.18 Å². The Morgan fingerprint density at radius 3 is 2.44 bits per heavy atom. The Balaban J connectivity index is 2.54. The summed E-state index contributed by atoms with van der Waals surface area (Å²) in [6.07, 6.45) is -4.37. The third-order valence-electron chi connectivity index (χ3n) is 2.18. The van der Waals surface area contributed by atoms with Gasteiger partial charge in [0.05, 0.1) is 6.04 Å². The predicted octanol–water partition coefficient (Wildman–Crippen LogP) is 2.19. The molecule has 2 N–H and O–H groups in total. The first-order valence-electron chi connectivity index (χ1n) is 5.32. The number of alkyl halides is 3. The van der Waals surface area contributed by atoms with Crippen LogP contribution in [0, 0.1) is 5.41 Å². The monoisotopic (exact) mass is 267 g/mol. The normalized spacial score (nSPS) is 14.8. The summed E-state index contributed by atoms with van der Waals surface area (Å²) in [6, 6.07) is -0.485. The number of rotatable bonds is 4. The van der Waals surface area contributed by atoms with Crippen LogP contribution in [0.2, 0.25) is 0 Å². The smallest absolute Gasteiger partial charge is 0.364 e. The van der Waals surface area contributed by atoms with Crippen LogP contribution in [0.5, 0.6) is 0 Å². The third-order valence-corrected chi connectivity index (χ3v) is 2.18. The van der Waals surface area contributed by atoms with E-state index in [9.17, 15) is 13.2 Å². The van der Waals surface area contributed by atoms with Crippen molar-refractivity contribution in [1.29, 1.82) is 0 Å².